The van der Waals surface area contributed by atoms with E-state index in [0.717, 1.165) is 5.69 Å². The number of para-hydroxylation sites is 1. The SMILES string of the molecule is CCOc1cccc(NC(C)CC(=O)OC)c1N. The van der Waals surface area contributed by atoms with Crippen molar-refractivity contribution in [2.24, 2.45) is 0 Å². The second kappa shape index (κ2) is 6.74. The van der Waals surface area contributed by atoms with Gasteiger partial charge in [-0.2, -0.15) is 0 Å². The van der Waals surface area contributed by atoms with E-state index in [1.54, 1.807) is 0 Å². The van der Waals surface area contributed by atoms with E-state index < -0.39 is 0 Å². The maximum atomic E-state index is 11.1. The van der Waals surface area contributed by atoms with Crippen molar-refractivity contribution in [3.63, 3.8) is 0 Å². The molecule has 1 unspecified atom stereocenters. The lowest BCUT2D eigenvalue weighted by atomic mass is 10.2. The van der Waals surface area contributed by atoms with Gasteiger partial charge in [-0.15, -0.1) is 0 Å². The number of nitrogen functional groups attached to an aromatic ring is 1. The Labute approximate surface area is 107 Å². The number of benzene rings is 1. The summed E-state index contributed by atoms with van der Waals surface area (Å²) < 4.78 is 10.0. The number of methoxy groups -OCH3 is 1. The van der Waals surface area contributed by atoms with Crippen LogP contribution in [-0.4, -0.2) is 25.7 Å². The Morgan fingerprint density at radius 2 is 2.22 bits per heavy atom. The first-order valence-electron chi connectivity index (χ1n) is 5.93. The highest BCUT2D eigenvalue weighted by Crippen LogP contribution is 2.29. The van der Waals surface area contributed by atoms with Crippen LogP contribution in [-0.2, 0) is 9.53 Å². The molecule has 0 amide bonds. The summed E-state index contributed by atoms with van der Waals surface area (Å²) in [5.74, 6) is 0.391. The second-order valence-corrected chi connectivity index (χ2v) is 3.98. The zero-order valence-electron chi connectivity index (χ0n) is 11.0. The molecular formula is C13H20N2O3. The lowest BCUT2D eigenvalue weighted by Crippen LogP contribution is -2.21. The van der Waals surface area contributed by atoms with Crippen molar-refractivity contribution in [2.75, 3.05) is 24.8 Å². The molecule has 0 aliphatic carbocycles. The van der Waals surface area contributed by atoms with Crippen LogP contribution < -0.4 is 15.8 Å². The van der Waals surface area contributed by atoms with Gasteiger partial charge < -0.3 is 20.5 Å². The molecule has 5 nitrogen and oxygen atoms in total. The Balaban J connectivity index is 2.72. The zero-order chi connectivity index (χ0) is 13.5. The number of nitrogens with two attached hydrogens (primary N) is 1. The Kier molecular flexibility index (Phi) is 5.30. The maximum Gasteiger partial charge on any atom is 0.307 e. The highest BCUT2D eigenvalue weighted by molar-refractivity contribution is 5.75. The van der Waals surface area contributed by atoms with Gasteiger partial charge in [-0.3, -0.25) is 4.79 Å². The number of carbonyl (C=O) groups is 1. The van der Waals surface area contributed by atoms with Crippen LogP contribution in [0.2, 0.25) is 0 Å². The summed E-state index contributed by atoms with van der Waals surface area (Å²) in [6.07, 6.45) is 0.287. The van der Waals surface area contributed by atoms with Crippen LogP contribution in [0.3, 0.4) is 0 Å². The second-order valence-electron chi connectivity index (χ2n) is 3.98. The molecule has 1 rings (SSSR count). The molecule has 0 bridgehead atoms. The van der Waals surface area contributed by atoms with Crippen molar-refractivity contribution < 1.29 is 14.3 Å². The number of rotatable bonds is 6. The first kappa shape index (κ1) is 14.2. The minimum Gasteiger partial charge on any atom is -0.492 e. The maximum absolute atomic E-state index is 11.1. The third-order valence-corrected chi connectivity index (χ3v) is 2.47. The average Bonchev–Trinajstić information content (AvgIpc) is 2.34. The number of anilines is 2. The summed E-state index contributed by atoms with van der Waals surface area (Å²) in [6.45, 7) is 4.36. The number of hydrogen-bond donors (Lipinski definition) is 2. The Bertz CT molecular complexity index is 407. The normalized spacial score (nSPS) is 11.7. The fourth-order valence-corrected chi connectivity index (χ4v) is 1.60. The van der Waals surface area contributed by atoms with Crippen molar-refractivity contribution in [3.8, 4) is 5.75 Å². The lowest BCUT2D eigenvalue weighted by molar-refractivity contribution is -0.140. The third kappa shape index (κ3) is 3.84. The molecule has 0 heterocycles. The molecule has 0 radical (unpaired) electrons. The first-order chi connectivity index (χ1) is 8.58. The van der Waals surface area contributed by atoms with E-state index in [1.165, 1.54) is 7.11 Å². The van der Waals surface area contributed by atoms with Gasteiger partial charge in [0.05, 0.1) is 31.5 Å². The molecule has 1 aromatic carbocycles. The third-order valence-electron chi connectivity index (χ3n) is 2.47. The van der Waals surface area contributed by atoms with Crippen LogP contribution in [0.4, 0.5) is 11.4 Å². The van der Waals surface area contributed by atoms with Crippen molar-refractivity contribution in [1.82, 2.24) is 0 Å². The molecule has 0 saturated heterocycles. The highest BCUT2D eigenvalue weighted by atomic mass is 16.5. The van der Waals surface area contributed by atoms with Crippen molar-refractivity contribution in [3.05, 3.63) is 18.2 Å². The molecule has 0 spiro atoms. The Morgan fingerprint density at radius 3 is 2.83 bits per heavy atom. The van der Waals surface area contributed by atoms with E-state index in [2.05, 4.69) is 10.1 Å². The van der Waals surface area contributed by atoms with Gasteiger partial charge in [0.25, 0.3) is 0 Å². The lowest BCUT2D eigenvalue weighted by Gasteiger charge is -2.17. The van der Waals surface area contributed by atoms with E-state index in [0.29, 0.717) is 18.0 Å². The molecule has 0 saturated carbocycles. The van der Waals surface area contributed by atoms with Gasteiger partial charge >= 0.3 is 5.97 Å². The van der Waals surface area contributed by atoms with Crippen molar-refractivity contribution in [2.45, 2.75) is 26.3 Å². The van der Waals surface area contributed by atoms with Gasteiger partial charge in [0.1, 0.15) is 5.75 Å². The summed E-state index contributed by atoms with van der Waals surface area (Å²) in [6, 6.07) is 5.46. The molecule has 18 heavy (non-hydrogen) atoms. The summed E-state index contributed by atoms with van der Waals surface area (Å²) in [4.78, 5) is 11.1. The van der Waals surface area contributed by atoms with Crippen LogP contribution in [0.15, 0.2) is 18.2 Å². The molecule has 1 atom stereocenters. The number of esters is 1. The van der Waals surface area contributed by atoms with Crippen LogP contribution in [0.25, 0.3) is 0 Å². The quantitative estimate of drug-likeness (QED) is 0.598. The van der Waals surface area contributed by atoms with Crippen molar-refractivity contribution >= 4 is 17.3 Å². The van der Waals surface area contributed by atoms with E-state index in [1.807, 2.05) is 32.0 Å². The largest absolute Gasteiger partial charge is 0.492 e. The number of carbonyl (C=O) groups excluding carboxylic acids is 1. The standard InChI is InChI=1S/C13H20N2O3/c1-4-18-11-7-5-6-10(13(11)14)15-9(2)8-12(16)17-3/h5-7,9,15H,4,8,14H2,1-3H3. The minimum atomic E-state index is -0.255. The van der Waals surface area contributed by atoms with E-state index >= 15 is 0 Å². The van der Waals surface area contributed by atoms with Crippen molar-refractivity contribution in [1.29, 1.82) is 0 Å². The number of hydrogen-bond acceptors (Lipinski definition) is 5. The Morgan fingerprint density at radius 1 is 1.50 bits per heavy atom. The predicted molar refractivity (Wildman–Crippen MR) is 71.7 cm³/mol. The molecule has 0 aliphatic rings. The molecular weight excluding hydrogens is 232 g/mol. The highest BCUT2D eigenvalue weighted by Gasteiger charge is 2.12. The molecule has 5 heteroatoms. The fraction of sp³-hybridized carbons (Fsp3) is 0.462. The fourth-order valence-electron chi connectivity index (χ4n) is 1.60. The van der Waals surface area contributed by atoms with Gasteiger partial charge in [0, 0.05) is 6.04 Å². The minimum absolute atomic E-state index is 0.0587. The topological polar surface area (TPSA) is 73.6 Å². The summed E-state index contributed by atoms with van der Waals surface area (Å²) in [5.41, 5.74) is 7.29. The molecule has 3 N–H and O–H groups in total. The van der Waals surface area contributed by atoms with E-state index in [-0.39, 0.29) is 18.4 Å². The summed E-state index contributed by atoms with van der Waals surface area (Å²) in [7, 11) is 1.37. The molecule has 0 aromatic heterocycles. The smallest absolute Gasteiger partial charge is 0.307 e. The van der Waals surface area contributed by atoms with Gasteiger partial charge in [0.2, 0.25) is 0 Å². The van der Waals surface area contributed by atoms with Crippen LogP contribution in [0.5, 0.6) is 5.75 Å². The average molecular weight is 252 g/mol. The van der Waals surface area contributed by atoms with Gasteiger partial charge in [-0.25, -0.2) is 0 Å². The predicted octanol–water partition coefficient (Wildman–Crippen LogP) is 2.03. The van der Waals surface area contributed by atoms with Crippen LogP contribution in [0, 0.1) is 0 Å². The summed E-state index contributed by atoms with van der Waals surface area (Å²) >= 11 is 0. The number of nitrogens with one attached hydrogen (secondary N) is 1. The van der Waals surface area contributed by atoms with Crippen LogP contribution in [0.1, 0.15) is 20.3 Å². The first-order valence-corrected chi connectivity index (χ1v) is 5.93. The molecule has 0 aliphatic heterocycles. The Hall–Kier alpha value is -1.91. The molecule has 100 valence electrons. The molecule has 1 aromatic rings. The monoisotopic (exact) mass is 252 g/mol. The van der Waals surface area contributed by atoms with Crippen LogP contribution >= 0.6 is 0 Å². The zero-order valence-corrected chi connectivity index (χ0v) is 11.0. The van der Waals surface area contributed by atoms with Gasteiger partial charge in [-0.05, 0) is 26.0 Å². The van der Waals surface area contributed by atoms with E-state index in [9.17, 15) is 4.79 Å². The summed E-state index contributed by atoms with van der Waals surface area (Å²) in [5, 5.41) is 3.17. The molecule has 0 fully saturated rings. The number of ether oxygens (including phenoxy) is 2. The van der Waals surface area contributed by atoms with E-state index in [4.69, 9.17) is 10.5 Å². The van der Waals surface area contributed by atoms with Gasteiger partial charge in [0.15, 0.2) is 0 Å². The van der Waals surface area contributed by atoms with Gasteiger partial charge in [-0.1, -0.05) is 6.07 Å².